The number of furan rings is 1. The Kier molecular flexibility index (Phi) is 2.86. The van der Waals surface area contributed by atoms with Gasteiger partial charge in [0.05, 0.1) is 32.2 Å². The van der Waals surface area contributed by atoms with E-state index in [1.807, 2.05) is 6.07 Å². The van der Waals surface area contributed by atoms with Crippen molar-refractivity contribution in [1.29, 1.82) is 0 Å². The fourth-order valence-corrected chi connectivity index (χ4v) is 3.50. The smallest absolute Gasteiger partial charge is 0.309 e. The maximum absolute atomic E-state index is 11.8. The van der Waals surface area contributed by atoms with Crippen LogP contribution in [-0.4, -0.2) is 13.1 Å². The maximum Gasteiger partial charge on any atom is 0.309 e. The van der Waals surface area contributed by atoms with E-state index in [0.29, 0.717) is 6.61 Å². The molecule has 2 aromatic rings. The number of carbonyl (C=O) groups excluding carboxylic acids is 1. The highest BCUT2D eigenvalue weighted by Gasteiger charge is 2.36. The van der Waals surface area contributed by atoms with Gasteiger partial charge in [0.25, 0.3) is 0 Å². The van der Waals surface area contributed by atoms with Crippen LogP contribution in [0, 0.1) is 5.92 Å². The number of fused-ring (bicyclic) bond motifs is 3. The van der Waals surface area contributed by atoms with Crippen LogP contribution >= 0.6 is 0 Å². The second-order valence-electron chi connectivity index (χ2n) is 5.65. The summed E-state index contributed by atoms with van der Waals surface area (Å²) >= 11 is 0. The number of methoxy groups -OCH3 is 1. The van der Waals surface area contributed by atoms with Crippen molar-refractivity contribution in [2.45, 2.75) is 25.6 Å². The number of hydrogen-bond acceptors (Lipinski definition) is 4. The number of carbonyl (C=O) groups is 1. The van der Waals surface area contributed by atoms with Gasteiger partial charge in [0.15, 0.2) is 0 Å². The van der Waals surface area contributed by atoms with Crippen LogP contribution in [0.3, 0.4) is 0 Å². The van der Waals surface area contributed by atoms with Gasteiger partial charge in [-0.15, -0.1) is 0 Å². The molecule has 1 aliphatic carbocycles. The standard InChI is InChI=1S/C17H16O4/c1-19-17(18)13-6-10-2-3-11-9-21-16(12-4-5-20-8-12)15(11)14(10)7-13/h2-5,8,13,16H,6-7,9H2,1H3/t13-,16+/m0/s1. The van der Waals surface area contributed by atoms with Gasteiger partial charge in [0.1, 0.15) is 6.10 Å². The lowest BCUT2D eigenvalue weighted by molar-refractivity contribution is -0.145. The van der Waals surface area contributed by atoms with Gasteiger partial charge in [-0.3, -0.25) is 4.79 Å². The first-order chi connectivity index (χ1) is 10.3. The molecule has 0 unspecified atom stereocenters. The zero-order valence-corrected chi connectivity index (χ0v) is 11.8. The summed E-state index contributed by atoms with van der Waals surface area (Å²) in [5, 5.41) is 0. The molecule has 4 rings (SSSR count). The van der Waals surface area contributed by atoms with Gasteiger partial charge in [-0.05, 0) is 41.2 Å². The van der Waals surface area contributed by atoms with Gasteiger partial charge in [-0.2, -0.15) is 0 Å². The van der Waals surface area contributed by atoms with E-state index in [2.05, 4.69) is 12.1 Å². The van der Waals surface area contributed by atoms with E-state index in [4.69, 9.17) is 13.9 Å². The lowest BCUT2D eigenvalue weighted by Crippen LogP contribution is -2.16. The highest BCUT2D eigenvalue weighted by Crippen LogP contribution is 2.43. The third-order valence-electron chi connectivity index (χ3n) is 4.51. The molecule has 21 heavy (non-hydrogen) atoms. The fourth-order valence-electron chi connectivity index (χ4n) is 3.50. The summed E-state index contributed by atoms with van der Waals surface area (Å²) in [6.45, 7) is 0.612. The van der Waals surface area contributed by atoms with Gasteiger partial charge >= 0.3 is 5.97 Å². The van der Waals surface area contributed by atoms with Gasteiger partial charge in [0.2, 0.25) is 0 Å². The van der Waals surface area contributed by atoms with Crippen LogP contribution in [0.25, 0.3) is 0 Å². The van der Waals surface area contributed by atoms with Crippen molar-refractivity contribution in [3.63, 3.8) is 0 Å². The van der Waals surface area contributed by atoms with Crippen LogP contribution in [0.2, 0.25) is 0 Å². The number of esters is 1. The highest BCUT2D eigenvalue weighted by atomic mass is 16.5. The molecular weight excluding hydrogens is 268 g/mol. The highest BCUT2D eigenvalue weighted by molar-refractivity contribution is 5.75. The van der Waals surface area contributed by atoms with E-state index in [-0.39, 0.29) is 18.0 Å². The van der Waals surface area contributed by atoms with E-state index in [0.717, 1.165) is 18.4 Å². The van der Waals surface area contributed by atoms with E-state index in [9.17, 15) is 4.79 Å². The minimum absolute atomic E-state index is 0.0675. The Bertz CT molecular complexity index is 687. The Balaban J connectivity index is 1.75. The van der Waals surface area contributed by atoms with Crippen molar-refractivity contribution >= 4 is 5.97 Å². The zero-order chi connectivity index (χ0) is 14.4. The average Bonchev–Trinajstić information content (AvgIpc) is 3.21. The first-order valence-electron chi connectivity index (χ1n) is 7.13. The lowest BCUT2D eigenvalue weighted by atomic mass is 9.93. The van der Waals surface area contributed by atoms with Crippen molar-refractivity contribution < 1.29 is 18.7 Å². The Morgan fingerprint density at radius 2 is 2.10 bits per heavy atom. The molecule has 2 aliphatic rings. The van der Waals surface area contributed by atoms with E-state index >= 15 is 0 Å². The quantitative estimate of drug-likeness (QED) is 0.796. The SMILES string of the molecule is COC(=O)[C@H]1Cc2ccc3c(c2C1)[C@@H](c1ccoc1)OC3. The molecule has 0 spiro atoms. The molecular formula is C17H16O4. The van der Waals surface area contributed by atoms with Crippen LogP contribution in [0.15, 0.2) is 35.1 Å². The number of benzene rings is 1. The predicted molar refractivity (Wildman–Crippen MR) is 74.7 cm³/mol. The zero-order valence-electron chi connectivity index (χ0n) is 11.8. The van der Waals surface area contributed by atoms with Crippen LogP contribution in [0.4, 0.5) is 0 Å². The Labute approximate surface area is 122 Å². The van der Waals surface area contributed by atoms with Crippen molar-refractivity contribution in [2.24, 2.45) is 5.92 Å². The number of rotatable bonds is 2. The molecule has 0 fully saturated rings. The Morgan fingerprint density at radius 3 is 2.86 bits per heavy atom. The molecule has 0 bridgehead atoms. The summed E-state index contributed by atoms with van der Waals surface area (Å²) in [6, 6.07) is 6.18. The summed E-state index contributed by atoms with van der Waals surface area (Å²) in [4.78, 5) is 11.8. The van der Waals surface area contributed by atoms with Gasteiger partial charge in [-0.25, -0.2) is 0 Å². The van der Waals surface area contributed by atoms with Crippen LogP contribution < -0.4 is 0 Å². The van der Waals surface area contributed by atoms with E-state index in [1.54, 1.807) is 12.5 Å². The molecule has 1 aromatic carbocycles. The molecule has 2 heterocycles. The molecule has 108 valence electrons. The van der Waals surface area contributed by atoms with Crippen molar-refractivity contribution in [1.82, 2.24) is 0 Å². The van der Waals surface area contributed by atoms with Gasteiger partial charge in [-0.1, -0.05) is 12.1 Å². The lowest BCUT2D eigenvalue weighted by Gasteiger charge is -2.13. The van der Waals surface area contributed by atoms with E-state index in [1.165, 1.54) is 29.4 Å². The number of ether oxygens (including phenoxy) is 2. The molecule has 0 saturated heterocycles. The normalized spacial score (nSPS) is 22.9. The molecule has 0 N–H and O–H groups in total. The maximum atomic E-state index is 11.8. The van der Waals surface area contributed by atoms with Crippen molar-refractivity contribution in [3.05, 3.63) is 58.5 Å². The average molecular weight is 284 g/mol. The number of hydrogen-bond donors (Lipinski definition) is 0. The minimum atomic E-state index is -0.126. The largest absolute Gasteiger partial charge is 0.472 e. The molecule has 1 aliphatic heterocycles. The van der Waals surface area contributed by atoms with Crippen molar-refractivity contribution in [3.8, 4) is 0 Å². The molecule has 0 radical (unpaired) electrons. The summed E-state index contributed by atoms with van der Waals surface area (Å²) in [5.41, 5.74) is 5.96. The Hall–Kier alpha value is -2.07. The summed E-state index contributed by atoms with van der Waals surface area (Å²) in [7, 11) is 1.45. The van der Waals surface area contributed by atoms with E-state index < -0.39 is 0 Å². The van der Waals surface area contributed by atoms with Crippen LogP contribution in [-0.2, 0) is 33.7 Å². The monoisotopic (exact) mass is 284 g/mol. The van der Waals surface area contributed by atoms with Crippen molar-refractivity contribution in [2.75, 3.05) is 7.11 Å². The van der Waals surface area contributed by atoms with Gasteiger partial charge in [0, 0.05) is 5.56 Å². The fraction of sp³-hybridized carbons (Fsp3) is 0.353. The van der Waals surface area contributed by atoms with Crippen LogP contribution in [0.1, 0.15) is 33.9 Å². The second-order valence-corrected chi connectivity index (χ2v) is 5.65. The first kappa shape index (κ1) is 12.7. The third-order valence-corrected chi connectivity index (χ3v) is 4.51. The topological polar surface area (TPSA) is 48.7 Å². The molecule has 2 atom stereocenters. The minimum Gasteiger partial charge on any atom is -0.472 e. The van der Waals surface area contributed by atoms with Gasteiger partial charge < -0.3 is 13.9 Å². The first-order valence-corrected chi connectivity index (χ1v) is 7.13. The molecule has 0 amide bonds. The third kappa shape index (κ3) is 1.90. The summed E-state index contributed by atoms with van der Waals surface area (Å²) < 4.78 is 16.0. The second kappa shape index (κ2) is 4.74. The summed E-state index contributed by atoms with van der Waals surface area (Å²) in [6.07, 6.45) is 4.81. The summed E-state index contributed by atoms with van der Waals surface area (Å²) in [5.74, 6) is -0.194. The molecule has 0 saturated carbocycles. The predicted octanol–water partition coefficient (Wildman–Crippen LogP) is 2.79. The molecule has 1 aromatic heterocycles. The molecule has 4 heteroatoms. The molecule has 4 nitrogen and oxygen atoms in total. The Morgan fingerprint density at radius 1 is 1.24 bits per heavy atom. The van der Waals surface area contributed by atoms with Crippen LogP contribution in [0.5, 0.6) is 0 Å².